The first-order valence-corrected chi connectivity index (χ1v) is 12.2. The molecule has 1 aromatic carbocycles. The normalized spacial score (nSPS) is 11.8. The van der Waals surface area contributed by atoms with Gasteiger partial charge in [0.1, 0.15) is 17.2 Å². The first-order valence-electron chi connectivity index (χ1n) is 12.2. The number of anilines is 1. The maximum absolute atomic E-state index is 13.0. The van der Waals surface area contributed by atoms with Gasteiger partial charge in [-0.1, -0.05) is 58.9 Å². The minimum Gasteiger partial charge on any atom is -0.493 e. The highest BCUT2D eigenvalue weighted by atomic mass is 16.5. The average molecular weight is 457 g/mol. The van der Waals surface area contributed by atoms with Crippen molar-refractivity contribution in [3.05, 3.63) is 45.5 Å². The van der Waals surface area contributed by atoms with Crippen LogP contribution >= 0.6 is 0 Å². The number of unbranched alkanes of at least 4 members (excludes halogenated alkanes) is 3. The number of nitrogens with one attached hydrogen (secondary N) is 3. The van der Waals surface area contributed by atoms with E-state index in [9.17, 15) is 4.79 Å². The number of methoxy groups -OCH3 is 2. The number of hydrogen-bond donors (Lipinski definition) is 3. The van der Waals surface area contributed by atoms with Gasteiger partial charge in [-0.25, -0.2) is 4.98 Å². The first-order chi connectivity index (χ1) is 16.0. The van der Waals surface area contributed by atoms with E-state index in [0.29, 0.717) is 47.3 Å². The molecule has 33 heavy (non-hydrogen) atoms. The lowest BCUT2D eigenvalue weighted by Crippen LogP contribution is -2.28. The summed E-state index contributed by atoms with van der Waals surface area (Å²) in [7, 11) is 3.20. The predicted octanol–water partition coefficient (Wildman–Crippen LogP) is 5.71. The Hall–Kier alpha value is -2.83. The summed E-state index contributed by atoms with van der Waals surface area (Å²) in [6.45, 7) is 6.27. The number of aromatic nitrogens is 2. The van der Waals surface area contributed by atoms with Crippen molar-refractivity contribution in [2.24, 2.45) is 0 Å². The van der Waals surface area contributed by atoms with Crippen LogP contribution in [-0.4, -0.2) is 35.9 Å². The molecule has 0 saturated heterocycles. The predicted molar refractivity (Wildman–Crippen MR) is 135 cm³/mol. The zero-order valence-electron chi connectivity index (χ0n) is 20.8. The summed E-state index contributed by atoms with van der Waals surface area (Å²) in [4.78, 5) is 20.7. The van der Waals surface area contributed by atoms with Crippen LogP contribution in [0.15, 0.2) is 23.0 Å². The summed E-state index contributed by atoms with van der Waals surface area (Å²) in [6, 6.07) is 5.91. The summed E-state index contributed by atoms with van der Waals surface area (Å²) >= 11 is 0. The highest BCUT2D eigenvalue weighted by molar-refractivity contribution is 6.01. The van der Waals surface area contributed by atoms with Crippen molar-refractivity contribution >= 4 is 11.5 Å². The topological polar surface area (TPSA) is 100 Å². The Kier molecular flexibility index (Phi) is 10.9. The molecule has 0 radical (unpaired) electrons. The van der Waals surface area contributed by atoms with E-state index < -0.39 is 0 Å². The van der Waals surface area contributed by atoms with Crippen molar-refractivity contribution < 1.29 is 9.47 Å². The molecule has 1 aromatic heterocycles. The summed E-state index contributed by atoms with van der Waals surface area (Å²) in [5, 5.41) is 11.9. The van der Waals surface area contributed by atoms with Crippen molar-refractivity contribution in [3.63, 3.8) is 0 Å². The summed E-state index contributed by atoms with van der Waals surface area (Å²) < 4.78 is 10.7. The molecule has 1 unspecified atom stereocenters. The van der Waals surface area contributed by atoms with Crippen LogP contribution in [0.25, 0.3) is 0 Å². The minimum atomic E-state index is -0.268. The van der Waals surface area contributed by atoms with Gasteiger partial charge in [0.2, 0.25) is 0 Å². The van der Waals surface area contributed by atoms with E-state index in [0.717, 1.165) is 31.2 Å². The maximum atomic E-state index is 13.0. The van der Waals surface area contributed by atoms with Gasteiger partial charge in [-0.3, -0.25) is 4.79 Å². The molecule has 7 heteroatoms. The summed E-state index contributed by atoms with van der Waals surface area (Å²) in [5.41, 5.74) is 1.33. The Morgan fingerprint density at radius 2 is 1.82 bits per heavy atom. The van der Waals surface area contributed by atoms with Gasteiger partial charge in [0.05, 0.1) is 14.2 Å². The fraction of sp³-hybridized carbons (Fsp3) is 0.577. The summed E-state index contributed by atoms with van der Waals surface area (Å²) in [5.74, 6) is 2.37. The Labute approximate surface area is 197 Å². The minimum absolute atomic E-state index is 0.235. The zero-order valence-corrected chi connectivity index (χ0v) is 20.8. The Morgan fingerprint density at radius 3 is 2.45 bits per heavy atom. The molecule has 2 rings (SSSR count). The molecule has 0 fully saturated rings. The first kappa shape index (κ1) is 26.4. The third-order valence-electron chi connectivity index (χ3n) is 5.83. The molecule has 0 bridgehead atoms. The Morgan fingerprint density at radius 1 is 1.06 bits per heavy atom. The van der Waals surface area contributed by atoms with Gasteiger partial charge in [-0.05, 0) is 37.0 Å². The van der Waals surface area contributed by atoms with Crippen molar-refractivity contribution in [1.82, 2.24) is 9.97 Å². The van der Waals surface area contributed by atoms with E-state index in [2.05, 4.69) is 24.1 Å². The monoisotopic (exact) mass is 456 g/mol. The van der Waals surface area contributed by atoms with Gasteiger partial charge < -0.3 is 25.2 Å². The third-order valence-corrected chi connectivity index (χ3v) is 5.83. The Balaban J connectivity index is 2.35. The van der Waals surface area contributed by atoms with Crippen molar-refractivity contribution in [1.29, 1.82) is 5.41 Å². The van der Waals surface area contributed by atoms with E-state index in [4.69, 9.17) is 19.9 Å². The van der Waals surface area contributed by atoms with E-state index in [1.165, 1.54) is 19.3 Å². The van der Waals surface area contributed by atoms with Gasteiger partial charge >= 0.3 is 0 Å². The molecule has 7 nitrogen and oxygen atoms in total. The fourth-order valence-electron chi connectivity index (χ4n) is 4.00. The average Bonchev–Trinajstić information content (AvgIpc) is 2.81. The Bertz CT molecular complexity index is 955. The smallest absolute Gasteiger partial charge is 0.262 e. The standard InChI is InChI=1S/C26H40N4O3/c1-6-9-10-11-13-19(12-7-2)28-25-24(20(27)8-3)26(31)30-23(29-25)17-18-14-15-21(32-4)22(16-18)33-5/h14-16,19,27H,6-13,17H2,1-5H3,(H2,28,29,30,31). The van der Waals surface area contributed by atoms with Crippen LogP contribution in [0.1, 0.15) is 89.1 Å². The number of benzene rings is 1. The molecule has 2 aromatic rings. The van der Waals surface area contributed by atoms with Crippen molar-refractivity contribution in [2.45, 2.75) is 84.6 Å². The van der Waals surface area contributed by atoms with Gasteiger partial charge in [-0.2, -0.15) is 0 Å². The van der Waals surface area contributed by atoms with Gasteiger partial charge in [0, 0.05) is 18.2 Å². The van der Waals surface area contributed by atoms with E-state index in [1.807, 2.05) is 25.1 Å². The zero-order chi connectivity index (χ0) is 24.2. The van der Waals surface area contributed by atoms with Gasteiger partial charge in [0.25, 0.3) is 5.56 Å². The number of aromatic amines is 1. The lowest BCUT2D eigenvalue weighted by atomic mass is 10.0. The van der Waals surface area contributed by atoms with Crippen LogP contribution in [0.4, 0.5) is 5.82 Å². The maximum Gasteiger partial charge on any atom is 0.262 e. The number of hydrogen-bond acceptors (Lipinski definition) is 6. The fourth-order valence-corrected chi connectivity index (χ4v) is 4.00. The number of H-pyrrole nitrogens is 1. The second-order valence-corrected chi connectivity index (χ2v) is 8.41. The molecule has 3 N–H and O–H groups in total. The van der Waals surface area contributed by atoms with Gasteiger partial charge in [-0.15, -0.1) is 0 Å². The van der Waals surface area contributed by atoms with Gasteiger partial charge in [0.15, 0.2) is 11.5 Å². The molecule has 0 aliphatic heterocycles. The molecular formula is C26H40N4O3. The third kappa shape index (κ3) is 7.62. The van der Waals surface area contributed by atoms with E-state index >= 15 is 0 Å². The van der Waals surface area contributed by atoms with Crippen LogP contribution in [0.3, 0.4) is 0 Å². The van der Waals surface area contributed by atoms with E-state index in [-0.39, 0.29) is 11.6 Å². The van der Waals surface area contributed by atoms with Crippen LogP contribution in [-0.2, 0) is 6.42 Å². The molecule has 0 amide bonds. The molecule has 1 heterocycles. The number of ether oxygens (including phenoxy) is 2. The second-order valence-electron chi connectivity index (χ2n) is 8.41. The molecule has 1 atom stereocenters. The van der Waals surface area contributed by atoms with Crippen molar-refractivity contribution in [2.75, 3.05) is 19.5 Å². The van der Waals surface area contributed by atoms with Crippen LogP contribution < -0.4 is 20.3 Å². The quantitative estimate of drug-likeness (QED) is 0.235. The SMILES string of the molecule is CCCCCCC(CCC)Nc1nc(Cc2ccc(OC)c(OC)c2)[nH]c(=O)c1C(=N)CC. The number of rotatable bonds is 15. The van der Waals surface area contributed by atoms with Crippen LogP contribution in [0.2, 0.25) is 0 Å². The molecule has 0 aliphatic rings. The van der Waals surface area contributed by atoms with Crippen LogP contribution in [0, 0.1) is 5.41 Å². The van der Waals surface area contributed by atoms with Crippen LogP contribution in [0.5, 0.6) is 11.5 Å². The largest absolute Gasteiger partial charge is 0.493 e. The lowest BCUT2D eigenvalue weighted by molar-refractivity contribution is 0.354. The second kappa shape index (κ2) is 13.7. The molecular weight excluding hydrogens is 416 g/mol. The van der Waals surface area contributed by atoms with E-state index in [1.54, 1.807) is 14.2 Å². The highest BCUT2D eigenvalue weighted by Gasteiger charge is 2.19. The highest BCUT2D eigenvalue weighted by Crippen LogP contribution is 2.28. The molecule has 0 aliphatic carbocycles. The molecule has 182 valence electrons. The molecule has 0 spiro atoms. The molecule has 0 saturated carbocycles. The lowest BCUT2D eigenvalue weighted by Gasteiger charge is -2.21. The van der Waals surface area contributed by atoms with Crippen molar-refractivity contribution in [3.8, 4) is 11.5 Å². The summed E-state index contributed by atoms with van der Waals surface area (Å²) in [6.07, 6.45) is 8.81. The number of nitrogens with zero attached hydrogens (tertiary/aromatic N) is 1.